The molecular weight excluding hydrogens is 841 g/mol. The van der Waals surface area contributed by atoms with Crippen LogP contribution in [0.5, 0.6) is 0 Å². The average Bonchev–Trinajstić information content (AvgIpc) is 4.07. The molecule has 4 aromatic heterocycles. The third-order valence-corrected chi connectivity index (χ3v) is 13.7. The van der Waals surface area contributed by atoms with Gasteiger partial charge in [0, 0.05) is 54.8 Å². The van der Waals surface area contributed by atoms with Crippen molar-refractivity contribution in [1.29, 1.82) is 0 Å². The summed E-state index contributed by atoms with van der Waals surface area (Å²) >= 11 is 0. The van der Waals surface area contributed by atoms with Crippen molar-refractivity contribution in [3.05, 3.63) is 243 Å². The summed E-state index contributed by atoms with van der Waals surface area (Å²) in [5.41, 5.74) is 15.2. The molecule has 0 bridgehead atoms. The Morgan fingerprint density at radius 2 is 0.609 bits per heavy atom. The largest absolute Gasteiger partial charge is 0.309 e. The van der Waals surface area contributed by atoms with Gasteiger partial charge in [0.05, 0.1) is 33.1 Å². The molecule has 10 aromatic carbocycles. The molecule has 0 N–H and O–H groups in total. The van der Waals surface area contributed by atoms with Crippen LogP contribution in [-0.4, -0.2) is 28.7 Å². The molecule has 0 unspecified atom stereocenters. The van der Waals surface area contributed by atoms with E-state index >= 15 is 0 Å². The van der Waals surface area contributed by atoms with Gasteiger partial charge in [-0.15, -0.1) is 0 Å². The van der Waals surface area contributed by atoms with Crippen LogP contribution < -0.4 is 0 Å². The van der Waals surface area contributed by atoms with E-state index in [1.165, 1.54) is 32.8 Å². The van der Waals surface area contributed by atoms with Crippen LogP contribution >= 0.6 is 0 Å². The number of fused-ring (bicyclic) bond motifs is 10. The van der Waals surface area contributed by atoms with Crippen molar-refractivity contribution in [1.82, 2.24) is 28.7 Å². The number of hydrogen-bond acceptors (Lipinski definition) is 3. The predicted octanol–water partition coefficient (Wildman–Crippen LogP) is 15.8. The van der Waals surface area contributed by atoms with Gasteiger partial charge in [0.2, 0.25) is 5.95 Å². The molecule has 14 rings (SSSR count). The second-order valence-electron chi connectivity index (χ2n) is 17.6. The first-order chi connectivity index (χ1) is 34.2. The minimum absolute atomic E-state index is 0.548. The van der Waals surface area contributed by atoms with Crippen molar-refractivity contribution in [2.45, 2.75) is 0 Å². The lowest BCUT2D eigenvalue weighted by atomic mass is 10.0. The summed E-state index contributed by atoms with van der Waals surface area (Å²) in [4.78, 5) is 16.2. The number of para-hydroxylation sites is 4. The Kier molecular flexibility index (Phi) is 8.79. The summed E-state index contributed by atoms with van der Waals surface area (Å²) in [6, 6.07) is 86.3. The molecular formula is C63H40N6. The Morgan fingerprint density at radius 1 is 0.232 bits per heavy atom. The highest BCUT2D eigenvalue weighted by Crippen LogP contribution is 2.42. The van der Waals surface area contributed by atoms with Crippen molar-refractivity contribution < 1.29 is 0 Å². The summed E-state index contributed by atoms with van der Waals surface area (Å²) in [6.45, 7) is 0. The summed E-state index contributed by atoms with van der Waals surface area (Å²) in [5.74, 6) is 1.74. The van der Waals surface area contributed by atoms with E-state index in [2.05, 4.69) is 238 Å². The van der Waals surface area contributed by atoms with Gasteiger partial charge in [-0.2, -0.15) is 9.97 Å². The molecule has 0 atom stereocenters. The normalized spacial score (nSPS) is 11.8. The number of rotatable bonds is 7. The fraction of sp³-hybridized carbons (Fsp3) is 0. The second kappa shape index (κ2) is 15.6. The first-order valence-corrected chi connectivity index (χ1v) is 23.4. The first-order valence-electron chi connectivity index (χ1n) is 23.4. The lowest BCUT2D eigenvalue weighted by Crippen LogP contribution is -2.07. The van der Waals surface area contributed by atoms with Crippen LogP contribution in [0.3, 0.4) is 0 Å². The van der Waals surface area contributed by atoms with Crippen molar-refractivity contribution in [2.24, 2.45) is 0 Å². The van der Waals surface area contributed by atoms with E-state index in [9.17, 15) is 0 Å². The molecule has 322 valence electrons. The molecule has 4 heterocycles. The summed E-state index contributed by atoms with van der Waals surface area (Å²) in [5, 5.41) is 6.94. The van der Waals surface area contributed by atoms with Gasteiger partial charge in [0.25, 0.3) is 0 Å². The zero-order valence-electron chi connectivity index (χ0n) is 37.3. The SMILES string of the molecule is c1ccc(-c2ccc(-c3ccc(-n4c5ccccc5c5ccc6c7ccccc7n(-c7nc(-c8ccccc8)nc(-c8ccc9c%10ccccc%10n(-c%10ccccc%10)c9c8)n7)c6c54)cc3)cc2)cc1. The molecule has 6 heteroatoms. The van der Waals surface area contributed by atoms with Gasteiger partial charge in [-0.25, -0.2) is 4.98 Å². The van der Waals surface area contributed by atoms with Crippen LogP contribution in [0.2, 0.25) is 0 Å². The highest BCUT2D eigenvalue weighted by Gasteiger charge is 2.24. The van der Waals surface area contributed by atoms with Crippen LogP contribution in [0.25, 0.3) is 128 Å². The maximum Gasteiger partial charge on any atom is 0.238 e. The zero-order chi connectivity index (χ0) is 45.4. The molecule has 0 saturated carbocycles. The number of benzene rings is 10. The van der Waals surface area contributed by atoms with Gasteiger partial charge in [0.1, 0.15) is 0 Å². The lowest BCUT2D eigenvalue weighted by Gasteiger charge is -2.14. The quantitative estimate of drug-likeness (QED) is 0.160. The van der Waals surface area contributed by atoms with Crippen molar-refractivity contribution in [3.8, 4) is 62.4 Å². The first kappa shape index (κ1) is 38.8. The Labute approximate surface area is 397 Å². The molecule has 14 aromatic rings. The third-order valence-electron chi connectivity index (χ3n) is 13.7. The topological polar surface area (TPSA) is 53.5 Å². The van der Waals surface area contributed by atoms with Crippen LogP contribution in [0.4, 0.5) is 0 Å². The van der Waals surface area contributed by atoms with E-state index in [0.717, 1.165) is 77.3 Å². The Morgan fingerprint density at radius 3 is 1.20 bits per heavy atom. The van der Waals surface area contributed by atoms with E-state index < -0.39 is 0 Å². The lowest BCUT2D eigenvalue weighted by molar-refractivity contribution is 0.953. The fourth-order valence-electron chi connectivity index (χ4n) is 10.5. The van der Waals surface area contributed by atoms with E-state index in [4.69, 9.17) is 15.0 Å². The number of aromatic nitrogens is 6. The van der Waals surface area contributed by atoms with E-state index in [-0.39, 0.29) is 0 Å². The molecule has 0 saturated heterocycles. The minimum atomic E-state index is 0.548. The number of nitrogens with zero attached hydrogens (tertiary/aromatic N) is 6. The molecule has 0 amide bonds. The monoisotopic (exact) mass is 880 g/mol. The van der Waals surface area contributed by atoms with E-state index in [1.807, 2.05) is 18.2 Å². The van der Waals surface area contributed by atoms with Crippen molar-refractivity contribution in [2.75, 3.05) is 0 Å². The Hall–Kier alpha value is -9.39. The highest BCUT2D eigenvalue weighted by molar-refractivity contribution is 6.23. The molecule has 0 radical (unpaired) electrons. The number of hydrogen-bond donors (Lipinski definition) is 0. The Bertz CT molecular complexity index is 4260. The third kappa shape index (κ3) is 6.23. The second-order valence-corrected chi connectivity index (χ2v) is 17.6. The standard InChI is InChI=1S/C63H40N6/c1-4-16-41(17-5-1)42-28-30-43(31-29-42)44-32-35-48(36-33-44)68-56-26-14-11-23-50(56)53-38-39-54-51-24-12-15-27-57(51)69(60(54)59(53)68)63-65-61(45-18-6-2-7-19-45)64-62(66-63)46-34-37-52-49-22-10-13-25-55(49)67(58(52)40-46)47-20-8-3-9-21-47/h1-40H. The molecule has 69 heavy (non-hydrogen) atoms. The average molecular weight is 881 g/mol. The van der Waals surface area contributed by atoms with Crippen LogP contribution in [0, 0.1) is 0 Å². The van der Waals surface area contributed by atoms with Crippen LogP contribution in [0.1, 0.15) is 0 Å². The summed E-state index contributed by atoms with van der Waals surface area (Å²) in [6.07, 6.45) is 0. The molecule has 0 aliphatic rings. The smallest absolute Gasteiger partial charge is 0.238 e. The van der Waals surface area contributed by atoms with Gasteiger partial charge in [-0.1, -0.05) is 194 Å². The maximum atomic E-state index is 5.49. The minimum Gasteiger partial charge on any atom is -0.309 e. The van der Waals surface area contributed by atoms with Crippen molar-refractivity contribution >= 4 is 65.4 Å². The molecule has 0 spiro atoms. The van der Waals surface area contributed by atoms with Gasteiger partial charge >= 0.3 is 0 Å². The van der Waals surface area contributed by atoms with Crippen LogP contribution in [-0.2, 0) is 0 Å². The van der Waals surface area contributed by atoms with Gasteiger partial charge in [-0.3, -0.25) is 4.57 Å². The zero-order valence-corrected chi connectivity index (χ0v) is 37.3. The Balaban J connectivity index is 1.00. The van der Waals surface area contributed by atoms with Gasteiger partial charge < -0.3 is 9.13 Å². The molecule has 6 nitrogen and oxygen atoms in total. The van der Waals surface area contributed by atoms with Gasteiger partial charge in [-0.05, 0) is 70.8 Å². The maximum absolute atomic E-state index is 5.49. The van der Waals surface area contributed by atoms with Gasteiger partial charge in [0.15, 0.2) is 11.6 Å². The molecule has 0 fully saturated rings. The summed E-state index contributed by atoms with van der Waals surface area (Å²) < 4.78 is 7.02. The highest BCUT2D eigenvalue weighted by atomic mass is 15.2. The predicted molar refractivity (Wildman–Crippen MR) is 285 cm³/mol. The molecule has 0 aliphatic carbocycles. The van der Waals surface area contributed by atoms with E-state index in [1.54, 1.807) is 0 Å². The van der Waals surface area contributed by atoms with Crippen molar-refractivity contribution in [3.63, 3.8) is 0 Å². The van der Waals surface area contributed by atoms with Crippen LogP contribution in [0.15, 0.2) is 243 Å². The fourth-order valence-corrected chi connectivity index (χ4v) is 10.5. The summed E-state index contributed by atoms with van der Waals surface area (Å²) in [7, 11) is 0. The molecule has 0 aliphatic heterocycles. The van der Waals surface area contributed by atoms with E-state index in [0.29, 0.717) is 17.6 Å².